The van der Waals surface area contributed by atoms with Gasteiger partial charge in [-0.05, 0) is 43.6 Å². The molecule has 3 unspecified atom stereocenters. The fraction of sp³-hybridized carbons (Fsp3) is 0.933. The monoisotopic (exact) mass is 252 g/mol. The van der Waals surface area contributed by atoms with Gasteiger partial charge in [0, 0.05) is 6.04 Å². The van der Waals surface area contributed by atoms with E-state index in [2.05, 4.69) is 31.4 Å². The normalized spacial score (nSPS) is 36.1. The number of piperidine rings is 1. The van der Waals surface area contributed by atoms with Gasteiger partial charge in [-0.3, -0.25) is 4.79 Å². The summed E-state index contributed by atoms with van der Waals surface area (Å²) in [6.07, 6.45) is 7.28. The number of rotatable bonds is 2. The summed E-state index contributed by atoms with van der Waals surface area (Å²) in [6.45, 7) is 7.74. The predicted molar refractivity (Wildman–Crippen MR) is 74.4 cm³/mol. The molecule has 1 aliphatic carbocycles. The molecular formula is C15H28N2O. The van der Waals surface area contributed by atoms with Crippen LogP contribution < -0.4 is 10.6 Å². The minimum Gasteiger partial charge on any atom is -0.351 e. The van der Waals surface area contributed by atoms with E-state index in [4.69, 9.17) is 0 Å². The van der Waals surface area contributed by atoms with Gasteiger partial charge in [0.1, 0.15) is 0 Å². The van der Waals surface area contributed by atoms with Crippen molar-refractivity contribution in [2.45, 2.75) is 71.4 Å². The summed E-state index contributed by atoms with van der Waals surface area (Å²) < 4.78 is 0. The van der Waals surface area contributed by atoms with Crippen LogP contribution in [-0.4, -0.2) is 24.5 Å². The van der Waals surface area contributed by atoms with E-state index in [1.807, 2.05) is 0 Å². The van der Waals surface area contributed by atoms with Crippen molar-refractivity contribution in [1.29, 1.82) is 0 Å². The lowest BCUT2D eigenvalue weighted by atomic mass is 9.73. The van der Waals surface area contributed by atoms with E-state index in [-0.39, 0.29) is 17.4 Å². The number of carbonyl (C=O) groups excluding carboxylic acids is 1. The Labute approximate surface area is 111 Å². The van der Waals surface area contributed by atoms with Crippen molar-refractivity contribution in [3.63, 3.8) is 0 Å². The summed E-state index contributed by atoms with van der Waals surface area (Å²) in [5, 5.41) is 6.68. The molecule has 2 N–H and O–H groups in total. The molecule has 1 saturated heterocycles. The molecule has 2 rings (SSSR count). The zero-order valence-corrected chi connectivity index (χ0v) is 12.1. The van der Waals surface area contributed by atoms with Gasteiger partial charge in [0.05, 0.1) is 6.04 Å². The molecule has 2 aliphatic rings. The summed E-state index contributed by atoms with van der Waals surface area (Å²) in [7, 11) is 0. The van der Waals surface area contributed by atoms with Crippen molar-refractivity contribution < 1.29 is 4.79 Å². The molecule has 1 aliphatic heterocycles. The molecule has 0 bridgehead atoms. The molecule has 0 spiro atoms. The molecule has 0 aromatic heterocycles. The van der Waals surface area contributed by atoms with Crippen molar-refractivity contribution in [3.8, 4) is 0 Å². The first kappa shape index (κ1) is 13.9. The van der Waals surface area contributed by atoms with Crippen LogP contribution in [0.15, 0.2) is 0 Å². The Morgan fingerprint density at radius 1 is 1.22 bits per heavy atom. The lowest BCUT2D eigenvalue weighted by Gasteiger charge is -2.40. The van der Waals surface area contributed by atoms with Crippen LogP contribution >= 0.6 is 0 Å². The Bertz CT molecular complexity index is 301. The lowest BCUT2D eigenvalue weighted by Crippen LogP contribution is -2.56. The Hall–Kier alpha value is -0.570. The third-order valence-corrected chi connectivity index (χ3v) is 4.88. The van der Waals surface area contributed by atoms with Crippen molar-refractivity contribution in [2.24, 2.45) is 11.3 Å². The maximum atomic E-state index is 12.4. The molecule has 2 fully saturated rings. The van der Waals surface area contributed by atoms with Crippen LogP contribution in [0.5, 0.6) is 0 Å². The topological polar surface area (TPSA) is 41.1 Å². The van der Waals surface area contributed by atoms with E-state index < -0.39 is 0 Å². The second kappa shape index (κ2) is 5.60. The van der Waals surface area contributed by atoms with E-state index in [1.54, 1.807) is 0 Å². The molecule has 3 atom stereocenters. The molecule has 3 nitrogen and oxygen atoms in total. The summed E-state index contributed by atoms with van der Waals surface area (Å²) in [4.78, 5) is 12.4. The molecule has 0 aromatic carbocycles. The number of nitrogens with one attached hydrogen (secondary N) is 2. The van der Waals surface area contributed by atoms with E-state index in [0.717, 1.165) is 13.0 Å². The minimum absolute atomic E-state index is 0.0245. The van der Waals surface area contributed by atoms with Crippen LogP contribution in [0, 0.1) is 11.3 Å². The fourth-order valence-corrected chi connectivity index (χ4v) is 3.42. The molecule has 3 heteroatoms. The highest BCUT2D eigenvalue weighted by Gasteiger charge is 2.35. The first-order chi connectivity index (χ1) is 8.50. The largest absolute Gasteiger partial charge is 0.351 e. The second-order valence-corrected chi connectivity index (χ2v) is 6.85. The number of hydrogen-bond donors (Lipinski definition) is 2. The number of amides is 1. The quantitative estimate of drug-likeness (QED) is 0.792. The van der Waals surface area contributed by atoms with Gasteiger partial charge in [-0.25, -0.2) is 0 Å². The predicted octanol–water partition coefficient (Wildman–Crippen LogP) is 2.46. The first-order valence-corrected chi connectivity index (χ1v) is 7.54. The van der Waals surface area contributed by atoms with Crippen molar-refractivity contribution >= 4 is 5.91 Å². The van der Waals surface area contributed by atoms with Crippen LogP contribution in [0.3, 0.4) is 0 Å². The zero-order chi connectivity index (χ0) is 13.2. The number of carbonyl (C=O) groups is 1. The van der Waals surface area contributed by atoms with Gasteiger partial charge in [0.2, 0.25) is 5.91 Å². The molecule has 104 valence electrons. The highest BCUT2D eigenvalue weighted by atomic mass is 16.2. The third-order valence-electron chi connectivity index (χ3n) is 4.88. The van der Waals surface area contributed by atoms with E-state index in [1.165, 1.54) is 32.1 Å². The SMILES string of the molecule is CC1CCCNC1C(=O)NC1CCCCC1(C)C. The van der Waals surface area contributed by atoms with Crippen LogP contribution in [0.25, 0.3) is 0 Å². The van der Waals surface area contributed by atoms with Crippen LogP contribution in [0.4, 0.5) is 0 Å². The molecule has 1 heterocycles. The van der Waals surface area contributed by atoms with E-state index >= 15 is 0 Å². The van der Waals surface area contributed by atoms with Crippen molar-refractivity contribution in [2.75, 3.05) is 6.54 Å². The van der Waals surface area contributed by atoms with Crippen molar-refractivity contribution in [3.05, 3.63) is 0 Å². The molecule has 18 heavy (non-hydrogen) atoms. The number of hydrogen-bond acceptors (Lipinski definition) is 2. The van der Waals surface area contributed by atoms with Gasteiger partial charge in [0.15, 0.2) is 0 Å². The smallest absolute Gasteiger partial charge is 0.237 e. The van der Waals surface area contributed by atoms with Crippen LogP contribution in [0.2, 0.25) is 0 Å². The van der Waals surface area contributed by atoms with Gasteiger partial charge >= 0.3 is 0 Å². The Balaban J connectivity index is 1.93. The highest BCUT2D eigenvalue weighted by molar-refractivity contribution is 5.82. The molecular weight excluding hydrogens is 224 g/mol. The maximum absolute atomic E-state index is 12.4. The Morgan fingerprint density at radius 3 is 2.67 bits per heavy atom. The standard InChI is InChI=1S/C15H28N2O/c1-11-7-6-10-16-13(11)14(18)17-12-8-4-5-9-15(12,2)3/h11-13,16H,4-10H2,1-3H3,(H,17,18). The molecule has 1 saturated carbocycles. The van der Waals surface area contributed by atoms with Gasteiger partial charge in [-0.1, -0.05) is 33.6 Å². The highest BCUT2D eigenvalue weighted by Crippen LogP contribution is 2.35. The van der Waals surface area contributed by atoms with E-state index in [9.17, 15) is 4.79 Å². The maximum Gasteiger partial charge on any atom is 0.237 e. The first-order valence-electron chi connectivity index (χ1n) is 7.54. The zero-order valence-electron chi connectivity index (χ0n) is 12.1. The second-order valence-electron chi connectivity index (χ2n) is 6.85. The molecule has 0 aromatic rings. The summed E-state index contributed by atoms with van der Waals surface area (Å²) in [5.74, 6) is 0.688. The third kappa shape index (κ3) is 3.05. The van der Waals surface area contributed by atoms with Gasteiger partial charge in [0.25, 0.3) is 0 Å². The molecule has 1 amide bonds. The average molecular weight is 252 g/mol. The Kier molecular flexibility index (Phi) is 4.31. The summed E-state index contributed by atoms with van der Waals surface area (Å²) in [6, 6.07) is 0.381. The van der Waals surface area contributed by atoms with E-state index in [0.29, 0.717) is 12.0 Å². The minimum atomic E-state index is 0.0245. The lowest BCUT2D eigenvalue weighted by molar-refractivity contribution is -0.126. The van der Waals surface area contributed by atoms with Gasteiger partial charge < -0.3 is 10.6 Å². The average Bonchev–Trinajstić information content (AvgIpc) is 2.32. The van der Waals surface area contributed by atoms with Gasteiger partial charge in [-0.15, -0.1) is 0 Å². The molecule has 0 radical (unpaired) electrons. The van der Waals surface area contributed by atoms with Crippen LogP contribution in [0.1, 0.15) is 59.3 Å². The fourth-order valence-electron chi connectivity index (χ4n) is 3.42. The van der Waals surface area contributed by atoms with Gasteiger partial charge in [-0.2, -0.15) is 0 Å². The summed E-state index contributed by atoms with van der Waals surface area (Å²) >= 11 is 0. The summed E-state index contributed by atoms with van der Waals surface area (Å²) in [5.41, 5.74) is 0.256. The van der Waals surface area contributed by atoms with Crippen LogP contribution in [-0.2, 0) is 4.79 Å². The van der Waals surface area contributed by atoms with Crippen molar-refractivity contribution in [1.82, 2.24) is 10.6 Å². The Morgan fingerprint density at radius 2 is 2.00 bits per heavy atom.